The second kappa shape index (κ2) is 3.99. The van der Waals surface area contributed by atoms with Crippen LogP contribution in [0.15, 0.2) is 24.3 Å². The highest BCUT2D eigenvalue weighted by Gasteiger charge is 2.44. The number of hydrogen-bond donors (Lipinski definition) is 2. The summed E-state index contributed by atoms with van der Waals surface area (Å²) in [5.74, 6) is 2.15. The fourth-order valence-corrected chi connectivity index (χ4v) is 2.00. The number of amides is 1. The molecule has 1 unspecified atom stereocenters. The summed E-state index contributed by atoms with van der Waals surface area (Å²) in [6.07, 6.45) is 6.72. The van der Waals surface area contributed by atoms with E-state index in [2.05, 4.69) is 11.2 Å². The molecule has 0 bridgehead atoms. The first-order valence-electron chi connectivity index (χ1n) is 5.25. The van der Waals surface area contributed by atoms with Crippen LogP contribution < -0.4 is 5.32 Å². The Morgan fingerprint density at radius 1 is 1.44 bits per heavy atom. The lowest BCUT2D eigenvalue weighted by molar-refractivity contribution is -0.134. The first-order chi connectivity index (χ1) is 7.68. The van der Waals surface area contributed by atoms with Gasteiger partial charge in [0.05, 0.1) is 0 Å². The first kappa shape index (κ1) is 10.7. The molecule has 82 valence electrons. The second-order valence-electron chi connectivity index (χ2n) is 3.92. The van der Waals surface area contributed by atoms with Crippen molar-refractivity contribution >= 4 is 11.6 Å². The van der Waals surface area contributed by atoms with Crippen molar-refractivity contribution in [3.63, 3.8) is 0 Å². The summed E-state index contributed by atoms with van der Waals surface area (Å²) < 4.78 is 0. The highest BCUT2D eigenvalue weighted by Crippen LogP contribution is 2.38. The first-order valence-corrected chi connectivity index (χ1v) is 5.25. The van der Waals surface area contributed by atoms with Crippen molar-refractivity contribution in [2.45, 2.75) is 24.9 Å². The largest absolute Gasteiger partial charge is 0.375 e. The topological polar surface area (TPSA) is 49.3 Å². The van der Waals surface area contributed by atoms with E-state index in [-0.39, 0.29) is 5.91 Å². The van der Waals surface area contributed by atoms with Crippen molar-refractivity contribution in [2.75, 3.05) is 5.32 Å². The molecule has 3 heteroatoms. The maximum atomic E-state index is 11.7. The van der Waals surface area contributed by atoms with Gasteiger partial charge in [-0.1, -0.05) is 18.2 Å². The molecule has 1 aliphatic heterocycles. The molecular weight excluding hydrogens is 202 g/mol. The number of para-hydroxylation sites is 1. The van der Waals surface area contributed by atoms with Crippen molar-refractivity contribution in [1.82, 2.24) is 0 Å². The average Bonchev–Trinajstić information content (AvgIpc) is 2.53. The van der Waals surface area contributed by atoms with Gasteiger partial charge in [0.15, 0.2) is 5.60 Å². The molecule has 0 saturated carbocycles. The second-order valence-corrected chi connectivity index (χ2v) is 3.92. The monoisotopic (exact) mass is 215 g/mol. The van der Waals surface area contributed by atoms with Gasteiger partial charge in [0, 0.05) is 17.7 Å². The summed E-state index contributed by atoms with van der Waals surface area (Å²) in [5.41, 5.74) is -0.0688. The zero-order valence-corrected chi connectivity index (χ0v) is 8.86. The van der Waals surface area contributed by atoms with E-state index in [0.29, 0.717) is 30.5 Å². The van der Waals surface area contributed by atoms with Gasteiger partial charge >= 0.3 is 0 Å². The molecule has 16 heavy (non-hydrogen) atoms. The lowest BCUT2D eigenvalue weighted by Gasteiger charge is -2.20. The summed E-state index contributed by atoms with van der Waals surface area (Å²) in [7, 11) is 0. The highest BCUT2D eigenvalue weighted by molar-refractivity contribution is 6.04. The van der Waals surface area contributed by atoms with E-state index in [1.807, 2.05) is 12.1 Å². The Morgan fingerprint density at radius 2 is 2.19 bits per heavy atom. The number of nitrogens with one attached hydrogen (secondary N) is 1. The van der Waals surface area contributed by atoms with Crippen LogP contribution in [0, 0.1) is 12.3 Å². The smallest absolute Gasteiger partial charge is 0.261 e. The standard InChI is InChI=1S/C13H13NO2/c1-2-3-6-9-13(16)10-7-4-5-8-11(10)14-12(13)15/h1,4-5,7-8,16H,3,6,9H2,(H,14,15). The number of benzene rings is 1. The van der Waals surface area contributed by atoms with Gasteiger partial charge in [-0.15, -0.1) is 12.3 Å². The molecule has 1 atom stereocenters. The molecule has 3 nitrogen and oxygen atoms in total. The number of anilines is 1. The van der Waals surface area contributed by atoms with Crippen LogP contribution in [-0.2, 0) is 10.4 Å². The highest BCUT2D eigenvalue weighted by atomic mass is 16.3. The van der Waals surface area contributed by atoms with E-state index in [0.717, 1.165) is 0 Å². The third-order valence-electron chi connectivity index (χ3n) is 2.86. The van der Waals surface area contributed by atoms with Crippen LogP contribution in [0.25, 0.3) is 0 Å². The fourth-order valence-electron chi connectivity index (χ4n) is 2.00. The number of carbonyl (C=O) groups is 1. The zero-order chi connectivity index (χ0) is 11.6. The van der Waals surface area contributed by atoms with Gasteiger partial charge < -0.3 is 10.4 Å². The maximum absolute atomic E-state index is 11.7. The molecule has 1 aliphatic rings. The van der Waals surface area contributed by atoms with Crippen LogP contribution in [0.2, 0.25) is 0 Å². The van der Waals surface area contributed by atoms with E-state index in [9.17, 15) is 9.90 Å². The Hall–Kier alpha value is -1.79. The van der Waals surface area contributed by atoms with Crippen LogP contribution in [0.3, 0.4) is 0 Å². The Balaban J connectivity index is 2.27. The van der Waals surface area contributed by atoms with Gasteiger partial charge in [-0.25, -0.2) is 0 Å². The van der Waals surface area contributed by atoms with Gasteiger partial charge in [0.1, 0.15) is 0 Å². The van der Waals surface area contributed by atoms with Crippen LogP contribution in [0.5, 0.6) is 0 Å². The van der Waals surface area contributed by atoms with Gasteiger partial charge in [-0.2, -0.15) is 0 Å². The van der Waals surface area contributed by atoms with Crippen molar-refractivity contribution in [3.8, 4) is 12.3 Å². The molecule has 0 radical (unpaired) electrons. The number of carbonyl (C=O) groups excluding carboxylic acids is 1. The lowest BCUT2D eigenvalue weighted by atomic mass is 9.90. The minimum absolute atomic E-state index is 0.356. The molecule has 0 aromatic heterocycles. The summed E-state index contributed by atoms with van der Waals surface area (Å²) in [6.45, 7) is 0. The Bertz CT molecular complexity index is 461. The number of terminal acetylenes is 1. The molecule has 0 aliphatic carbocycles. The van der Waals surface area contributed by atoms with Gasteiger partial charge in [-0.05, 0) is 18.9 Å². The molecule has 2 rings (SSSR count). The summed E-state index contributed by atoms with van der Waals surface area (Å²) in [5, 5.41) is 13.0. The molecule has 1 heterocycles. The van der Waals surface area contributed by atoms with Crippen molar-refractivity contribution in [2.24, 2.45) is 0 Å². The predicted molar refractivity (Wildman–Crippen MR) is 61.7 cm³/mol. The summed E-state index contributed by atoms with van der Waals surface area (Å²) >= 11 is 0. The number of unbranched alkanes of at least 4 members (excludes halogenated alkanes) is 1. The van der Waals surface area contributed by atoms with Crippen molar-refractivity contribution < 1.29 is 9.90 Å². The number of fused-ring (bicyclic) bond motifs is 1. The average molecular weight is 215 g/mol. The number of hydrogen-bond acceptors (Lipinski definition) is 2. The van der Waals surface area contributed by atoms with Crippen LogP contribution in [-0.4, -0.2) is 11.0 Å². The molecule has 1 aromatic carbocycles. The maximum Gasteiger partial charge on any atom is 0.261 e. The van der Waals surface area contributed by atoms with Crippen molar-refractivity contribution in [3.05, 3.63) is 29.8 Å². The third kappa shape index (κ3) is 1.58. The minimum atomic E-state index is -1.41. The van der Waals surface area contributed by atoms with Gasteiger partial charge in [0.2, 0.25) is 0 Å². The van der Waals surface area contributed by atoms with E-state index in [4.69, 9.17) is 6.42 Å². The minimum Gasteiger partial charge on any atom is -0.375 e. The van der Waals surface area contributed by atoms with E-state index >= 15 is 0 Å². The van der Waals surface area contributed by atoms with Gasteiger partial charge in [-0.3, -0.25) is 4.79 Å². The van der Waals surface area contributed by atoms with E-state index in [1.165, 1.54) is 0 Å². The molecule has 0 fully saturated rings. The summed E-state index contributed by atoms with van der Waals surface area (Å²) in [4.78, 5) is 11.7. The zero-order valence-electron chi connectivity index (χ0n) is 8.86. The predicted octanol–water partition coefficient (Wildman–Crippen LogP) is 1.63. The molecule has 1 aromatic rings. The fraction of sp³-hybridized carbons (Fsp3) is 0.308. The summed E-state index contributed by atoms with van der Waals surface area (Å²) in [6, 6.07) is 7.19. The molecule has 0 saturated heterocycles. The Labute approximate surface area is 94.5 Å². The number of rotatable bonds is 3. The number of aliphatic hydroxyl groups is 1. The van der Waals surface area contributed by atoms with Crippen LogP contribution in [0.1, 0.15) is 24.8 Å². The van der Waals surface area contributed by atoms with Crippen LogP contribution >= 0.6 is 0 Å². The van der Waals surface area contributed by atoms with Crippen molar-refractivity contribution in [1.29, 1.82) is 0 Å². The molecular formula is C13H13NO2. The quantitative estimate of drug-likeness (QED) is 0.594. The molecule has 0 spiro atoms. The lowest BCUT2D eigenvalue weighted by Crippen LogP contribution is -2.33. The molecule has 1 amide bonds. The van der Waals surface area contributed by atoms with Gasteiger partial charge in [0.25, 0.3) is 5.91 Å². The van der Waals surface area contributed by atoms with E-state index < -0.39 is 5.60 Å². The SMILES string of the molecule is C#CCCCC1(O)C(=O)Nc2ccccc21. The van der Waals surface area contributed by atoms with E-state index in [1.54, 1.807) is 12.1 Å². The normalized spacial score (nSPS) is 22.4. The third-order valence-corrected chi connectivity index (χ3v) is 2.86. The Morgan fingerprint density at radius 3 is 2.94 bits per heavy atom. The Kier molecular flexibility index (Phi) is 2.67. The molecule has 2 N–H and O–H groups in total. The van der Waals surface area contributed by atoms with Crippen LogP contribution in [0.4, 0.5) is 5.69 Å².